The normalized spacial score (nSPS) is 16.3. The van der Waals surface area contributed by atoms with Crippen molar-refractivity contribution in [2.75, 3.05) is 0 Å². The second kappa shape index (κ2) is 5.13. The fourth-order valence-corrected chi connectivity index (χ4v) is 2.77. The summed E-state index contributed by atoms with van der Waals surface area (Å²) in [5, 5.41) is 0. The van der Waals surface area contributed by atoms with Gasteiger partial charge in [0.1, 0.15) is 12.1 Å². The standard InChI is InChI=1S/C17H15N3O/c1-2-9-15-13(7-1)20-16(21-15)11-19-14-8-3-5-12-6-4-10-18-17(12)14/h1-2,4,6-7,9-10H,3,5,8,11H2. The van der Waals surface area contributed by atoms with Gasteiger partial charge in [-0.05, 0) is 43.0 Å². The van der Waals surface area contributed by atoms with Crippen molar-refractivity contribution in [3.05, 3.63) is 59.7 Å². The Morgan fingerprint density at radius 3 is 3.00 bits per heavy atom. The van der Waals surface area contributed by atoms with Crippen molar-refractivity contribution >= 4 is 16.8 Å². The molecule has 0 aliphatic heterocycles. The molecular formula is C17H15N3O. The van der Waals surface area contributed by atoms with E-state index in [0.717, 1.165) is 41.8 Å². The number of fused-ring (bicyclic) bond motifs is 2. The van der Waals surface area contributed by atoms with E-state index < -0.39 is 0 Å². The van der Waals surface area contributed by atoms with Crippen LogP contribution in [0.15, 0.2) is 52.0 Å². The van der Waals surface area contributed by atoms with Gasteiger partial charge in [-0.25, -0.2) is 4.98 Å². The van der Waals surface area contributed by atoms with Gasteiger partial charge in [0.2, 0.25) is 5.89 Å². The molecule has 1 aromatic carbocycles. The molecule has 2 aromatic heterocycles. The Bertz CT molecular complexity index is 787. The number of nitrogens with zero attached hydrogens (tertiary/aromatic N) is 3. The number of pyridine rings is 1. The summed E-state index contributed by atoms with van der Waals surface area (Å²) in [4.78, 5) is 13.6. The third-order valence-corrected chi connectivity index (χ3v) is 3.77. The van der Waals surface area contributed by atoms with E-state index in [1.807, 2.05) is 36.5 Å². The molecule has 0 N–H and O–H groups in total. The van der Waals surface area contributed by atoms with Gasteiger partial charge in [-0.3, -0.25) is 9.98 Å². The number of aryl methyl sites for hydroxylation is 1. The van der Waals surface area contributed by atoms with Crippen molar-refractivity contribution in [3.8, 4) is 0 Å². The molecular weight excluding hydrogens is 262 g/mol. The molecule has 4 nitrogen and oxygen atoms in total. The third kappa shape index (κ3) is 2.33. The lowest BCUT2D eigenvalue weighted by molar-refractivity contribution is 0.533. The van der Waals surface area contributed by atoms with E-state index in [2.05, 4.69) is 21.0 Å². The van der Waals surface area contributed by atoms with Crippen LogP contribution >= 0.6 is 0 Å². The van der Waals surface area contributed by atoms with Crippen molar-refractivity contribution in [1.82, 2.24) is 9.97 Å². The molecule has 1 aliphatic rings. The van der Waals surface area contributed by atoms with E-state index in [1.54, 1.807) is 0 Å². The van der Waals surface area contributed by atoms with E-state index in [9.17, 15) is 0 Å². The van der Waals surface area contributed by atoms with Crippen molar-refractivity contribution in [2.45, 2.75) is 25.8 Å². The highest BCUT2D eigenvalue weighted by Crippen LogP contribution is 2.21. The molecule has 4 rings (SSSR count). The predicted molar refractivity (Wildman–Crippen MR) is 81.4 cm³/mol. The number of rotatable bonds is 2. The van der Waals surface area contributed by atoms with Crippen LogP contribution in [0.25, 0.3) is 11.1 Å². The van der Waals surface area contributed by atoms with Gasteiger partial charge in [0.25, 0.3) is 0 Å². The summed E-state index contributed by atoms with van der Waals surface area (Å²) >= 11 is 0. The molecule has 0 unspecified atom stereocenters. The fraction of sp³-hybridized carbons (Fsp3) is 0.235. The summed E-state index contributed by atoms with van der Waals surface area (Å²) in [5.41, 5.74) is 5.10. The molecule has 0 bridgehead atoms. The Morgan fingerprint density at radius 2 is 2.05 bits per heavy atom. The smallest absolute Gasteiger partial charge is 0.217 e. The zero-order valence-corrected chi connectivity index (χ0v) is 11.6. The van der Waals surface area contributed by atoms with Crippen LogP contribution in [0.3, 0.4) is 0 Å². The molecule has 0 fully saturated rings. The van der Waals surface area contributed by atoms with Crippen molar-refractivity contribution in [1.29, 1.82) is 0 Å². The lowest BCUT2D eigenvalue weighted by atomic mass is 9.94. The summed E-state index contributed by atoms with van der Waals surface area (Å²) in [5.74, 6) is 0.659. The molecule has 1 aliphatic carbocycles. The topological polar surface area (TPSA) is 51.3 Å². The molecule has 0 amide bonds. The van der Waals surface area contributed by atoms with Crippen LogP contribution in [0.4, 0.5) is 0 Å². The molecule has 0 radical (unpaired) electrons. The lowest BCUT2D eigenvalue weighted by Crippen LogP contribution is -2.14. The Morgan fingerprint density at radius 1 is 1.10 bits per heavy atom. The number of oxazole rings is 1. The number of para-hydroxylation sites is 2. The van der Waals surface area contributed by atoms with Crippen LogP contribution < -0.4 is 0 Å². The quantitative estimate of drug-likeness (QED) is 0.719. The Kier molecular flexibility index (Phi) is 2.99. The summed E-state index contributed by atoms with van der Waals surface area (Å²) in [7, 11) is 0. The van der Waals surface area contributed by atoms with Gasteiger partial charge in [-0.15, -0.1) is 0 Å². The first kappa shape index (κ1) is 12.3. The summed E-state index contributed by atoms with van der Waals surface area (Å²) < 4.78 is 5.71. The van der Waals surface area contributed by atoms with E-state index >= 15 is 0 Å². The van der Waals surface area contributed by atoms with Crippen LogP contribution in [0, 0.1) is 0 Å². The van der Waals surface area contributed by atoms with Gasteiger partial charge in [0.15, 0.2) is 5.58 Å². The first-order valence-corrected chi connectivity index (χ1v) is 7.22. The maximum Gasteiger partial charge on any atom is 0.217 e. The van der Waals surface area contributed by atoms with Crippen LogP contribution in [-0.4, -0.2) is 15.7 Å². The van der Waals surface area contributed by atoms with Crippen LogP contribution in [0.5, 0.6) is 0 Å². The molecule has 0 saturated carbocycles. The Labute approximate surface area is 122 Å². The number of aliphatic imine (C=N–C) groups is 1. The highest BCUT2D eigenvalue weighted by Gasteiger charge is 2.16. The summed E-state index contributed by atoms with van der Waals surface area (Å²) in [6.07, 6.45) is 5.03. The first-order valence-electron chi connectivity index (χ1n) is 7.22. The molecule has 104 valence electrons. The van der Waals surface area contributed by atoms with E-state index in [-0.39, 0.29) is 0 Å². The maximum absolute atomic E-state index is 5.71. The van der Waals surface area contributed by atoms with Gasteiger partial charge >= 0.3 is 0 Å². The molecule has 4 heteroatoms. The molecule has 3 aromatic rings. The average Bonchev–Trinajstić information content (AvgIpc) is 2.96. The monoisotopic (exact) mass is 277 g/mol. The zero-order valence-electron chi connectivity index (χ0n) is 11.6. The van der Waals surface area contributed by atoms with Crippen molar-refractivity contribution in [2.24, 2.45) is 4.99 Å². The highest BCUT2D eigenvalue weighted by atomic mass is 16.3. The van der Waals surface area contributed by atoms with Gasteiger partial charge in [0, 0.05) is 6.20 Å². The fourth-order valence-electron chi connectivity index (χ4n) is 2.77. The van der Waals surface area contributed by atoms with E-state index in [0.29, 0.717) is 12.4 Å². The molecule has 21 heavy (non-hydrogen) atoms. The minimum Gasteiger partial charge on any atom is -0.439 e. The van der Waals surface area contributed by atoms with E-state index in [1.165, 1.54) is 5.56 Å². The summed E-state index contributed by atoms with van der Waals surface area (Å²) in [6, 6.07) is 11.9. The number of hydrogen-bond acceptors (Lipinski definition) is 4. The summed E-state index contributed by atoms with van der Waals surface area (Å²) in [6.45, 7) is 0.472. The number of hydrogen-bond donors (Lipinski definition) is 0. The zero-order chi connectivity index (χ0) is 14.1. The Hall–Kier alpha value is -2.49. The molecule has 0 atom stereocenters. The molecule has 2 heterocycles. The maximum atomic E-state index is 5.71. The highest BCUT2D eigenvalue weighted by molar-refractivity contribution is 6.00. The Balaban J connectivity index is 1.64. The minimum atomic E-state index is 0.472. The van der Waals surface area contributed by atoms with Gasteiger partial charge < -0.3 is 4.42 Å². The van der Waals surface area contributed by atoms with Gasteiger partial charge in [-0.2, -0.15) is 0 Å². The largest absolute Gasteiger partial charge is 0.439 e. The average molecular weight is 277 g/mol. The van der Waals surface area contributed by atoms with Gasteiger partial charge in [-0.1, -0.05) is 18.2 Å². The second-order valence-electron chi connectivity index (χ2n) is 5.20. The van der Waals surface area contributed by atoms with Crippen LogP contribution in [0.2, 0.25) is 0 Å². The molecule has 0 saturated heterocycles. The SMILES string of the molecule is c1cnc2c(c1)CCCC2=NCc1nc2ccccc2o1. The minimum absolute atomic E-state index is 0.472. The second-order valence-corrected chi connectivity index (χ2v) is 5.20. The molecule has 0 spiro atoms. The third-order valence-electron chi connectivity index (χ3n) is 3.77. The van der Waals surface area contributed by atoms with Crippen molar-refractivity contribution < 1.29 is 4.42 Å². The van der Waals surface area contributed by atoms with Gasteiger partial charge in [0.05, 0.1) is 11.4 Å². The van der Waals surface area contributed by atoms with Crippen LogP contribution in [-0.2, 0) is 13.0 Å². The lowest BCUT2D eigenvalue weighted by Gasteiger charge is -2.16. The van der Waals surface area contributed by atoms with Crippen LogP contribution in [0.1, 0.15) is 30.0 Å². The first-order chi connectivity index (χ1) is 10.4. The predicted octanol–water partition coefficient (Wildman–Crippen LogP) is 3.55. The number of benzene rings is 1. The van der Waals surface area contributed by atoms with E-state index in [4.69, 9.17) is 4.42 Å². The number of aromatic nitrogens is 2. The van der Waals surface area contributed by atoms with Crippen molar-refractivity contribution in [3.63, 3.8) is 0 Å².